The van der Waals surface area contributed by atoms with Gasteiger partial charge in [-0.05, 0) is 60.0 Å². The van der Waals surface area contributed by atoms with Gasteiger partial charge in [0.25, 0.3) is 0 Å². The molecular formula is C22H17Cl2N3O2S2. The third-order valence-electron chi connectivity index (χ3n) is 4.49. The van der Waals surface area contributed by atoms with Crippen LogP contribution in [0.1, 0.15) is 11.3 Å². The molecule has 9 heteroatoms. The van der Waals surface area contributed by atoms with Crippen molar-refractivity contribution < 1.29 is 9.59 Å². The number of carbonyl (C=O) groups excluding carboxylic acids is 2. The summed E-state index contributed by atoms with van der Waals surface area (Å²) in [6.45, 7) is 0.418. The lowest BCUT2D eigenvalue weighted by molar-refractivity contribution is -0.129. The molecule has 4 rings (SSSR count). The van der Waals surface area contributed by atoms with Crippen LogP contribution in [0, 0.1) is 0 Å². The molecule has 31 heavy (non-hydrogen) atoms. The Hall–Kier alpha value is -2.32. The van der Waals surface area contributed by atoms with Crippen LogP contribution in [0.3, 0.4) is 0 Å². The second-order valence-corrected chi connectivity index (χ2v) is 9.81. The smallest absolute Gasteiger partial charge is 0.238 e. The molecule has 158 valence electrons. The van der Waals surface area contributed by atoms with Crippen LogP contribution in [0.2, 0.25) is 10.0 Å². The first-order valence-electron chi connectivity index (χ1n) is 9.38. The molecule has 2 aromatic carbocycles. The monoisotopic (exact) mass is 489 g/mol. The Kier molecular flexibility index (Phi) is 6.97. The van der Waals surface area contributed by atoms with Crippen LogP contribution in [0.4, 0.5) is 11.4 Å². The molecule has 5 nitrogen and oxygen atoms in total. The van der Waals surface area contributed by atoms with Crippen molar-refractivity contribution >= 4 is 74.7 Å². The van der Waals surface area contributed by atoms with Gasteiger partial charge >= 0.3 is 0 Å². The zero-order chi connectivity index (χ0) is 21.8. The van der Waals surface area contributed by atoms with Crippen LogP contribution in [0.25, 0.3) is 0 Å². The van der Waals surface area contributed by atoms with Gasteiger partial charge in [-0.2, -0.15) is 0 Å². The highest BCUT2D eigenvalue weighted by atomic mass is 35.5. The molecule has 0 radical (unpaired) electrons. The minimum atomic E-state index is -0.589. The van der Waals surface area contributed by atoms with Crippen LogP contribution in [0.15, 0.2) is 71.0 Å². The second-order valence-electron chi connectivity index (χ2n) is 6.74. The number of anilines is 1. The molecule has 3 aromatic rings. The fraction of sp³-hybridized carbons (Fsp3) is 0.136. The molecule has 0 bridgehead atoms. The van der Waals surface area contributed by atoms with Gasteiger partial charge in [-0.1, -0.05) is 41.0 Å². The predicted molar refractivity (Wildman–Crippen MR) is 129 cm³/mol. The molecule has 1 aliphatic heterocycles. The quantitative estimate of drug-likeness (QED) is 0.462. The number of nitrogens with one attached hydrogen (secondary N) is 1. The Balaban J connectivity index is 1.58. The first kappa shape index (κ1) is 21.9. The number of aliphatic imine (C=N–C) groups is 1. The normalized spacial score (nSPS) is 17.7. The SMILES string of the molecule is O=C(Nc1ccc(Cl)cc1)C1CC(=O)N(Cc2cccs2)C(=Nc2ccc(Cl)cc2)S1. The Labute approximate surface area is 198 Å². The van der Waals surface area contributed by atoms with E-state index in [4.69, 9.17) is 23.2 Å². The van der Waals surface area contributed by atoms with Crippen molar-refractivity contribution in [3.05, 3.63) is 81.0 Å². The van der Waals surface area contributed by atoms with Crippen molar-refractivity contribution in [2.24, 2.45) is 4.99 Å². The first-order chi connectivity index (χ1) is 15.0. The van der Waals surface area contributed by atoms with E-state index in [1.54, 1.807) is 64.8 Å². The predicted octanol–water partition coefficient (Wildman–Crippen LogP) is 6.22. The number of amides is 2. The van der Waals surface area contributed by atoms with Gasteiger partial charge in [-0.15, -0.1) is 11.3 Å². The van der Waals surface area contributed by atoms with Crippen molar-refractivity contribution in [1.29, 1.82) is 0 Å². The molecule has 0 saturated carbocycles. The van der Waals surface area contributed by atoms with E-state index in [1.807, 2.05) is 17.5 Å². The fourth-order valence-electron chi connectivity index (χ4n) is 2.94. The van der Waals surface area contributed by atoms with Crippen LogP contribution < -0.4 is 5.32 Å². The van der Waals surface area contributed by atoms with Gasteiger partial charge in [0, 0.05) is 27.0 Å². The lowest BCUT2D eigenvalue weighted by atomic mass is 10.2. The summed E-state index contributed by atoms with van der Waals surface area (Å²) in [4.78, 5) is 33.2. The largest absolute Gasteiger partial charge is 0.325 e. The summed E-state index contributed by atoms with van der Waals surface area (Å²) < 4.78 is 0. The van der Waals surface area contributed by atoms with Gasteiger partial charge in [-0.25, -0.2) is 4.99 Å². The zero-order valence-electron chi connectivity index (χ0n) is 16.1. The number of thiophene rings is 1. The van der Waals surface area contributed by atoms with Crippen LogP contribution >= 0.6 is 46.3 Å². The van der Waals surface area contributed by atoms with E-state index in [9.17, 15) is 9.59 Å². The van der Waals surface area contributed by atoms with Crippen molar-refractivity contribution in [3.8, 4) is 0 Å². The standard InChI is InChI=1S/C22H17Cl2N3O2S2/c23-14-3-7-16(8-4-14)25-21(29)19-12-20(28)27(13-18-2-1-11-30-18)22(31-19)26-17-9-5-15(24)6-10-17/h1-11,19H,12-13H2,(H,25,29). The highest BCUT2D eigenvalue weighted by molar-refractivity contribution is 8.15. The summed E-state index contributed by atoms with van der Waals surface area (Å²) in [5, 5.41) is 5.91. The Morgan fingerprint density at radius 1 is 1.06 bits per heavy atom. The van der Waals surface area contributed by atoms with E-state index >= 15 is 0 Å². The first-order valence-corrected chi connectivity index (χ1v) is 11.9. The van der Waals surface area contributed by atoms with E-state index in [0.717, 1.165) is 4.88 Å². The fourth-order valence-corrected chi connectivity index (χ4v) is 4.98. The number of rotatable bonds is 5. The maximum atomic E-state index is 13.0. The Morgan fingerprint density at radius 2 is 1.74 bits per heavy atom. The minimum absolute atomic E-state index is 0.0924. The van der Waals surface area contributed by atoms with Crippen LogP contribution in [-0.2, 0) is 16.1 Å². The number of amidine groups is 1. The number of nitrogens with zero attached hydrogens (tertiary/aromatic N) is 2. The van der Waals surface area contributed by atoms with Crippen molar-refractivity contribution in [3.63, 3.8) is 0 Å². The van der Waals surface area contributed by atoms with E-state index in [0.29, 0.717) is 33.1 Å². The number of hydrogen-bond donors (Lipinski definition) is 1. The molecule has 1 aromatic heterocycles. The molecule has 2 amide bonds. The third kappa shape index (κ3) is 5.68. The molecule has 0 aliphatic carbocycles. The Morgan fingerprint density at radius 3 is 2.39 bits per heavy atom. The molecule has 1 atom stereocenters. The molecule has 1 unspecified atom stereocenters. The van der Waals surface area contributed by atoms with E-state index in [1.165, 1.54) is 11.8 Å². The summed E-state index contributed by atoms with van der Waals surface area (Å²) in [5.41, 5.74) is 1.29. The lowest BCUT2D eigenvalue weighted by Crippen LogP contribution is -2.44. The van der Waals surface area contributed by atoms with Crippen molar-refractivity contribution in [2.45, 2.75) is 18.2 Å². The summed E-state index contributed by atoms with van der Waals surface area (Å²) in [6, 6.07) is 17.8. The number of thioether (sulfide) groups is 1. The highest BCUT2D eigenvalue weighted by Crippen LogP contribution is 2.32. The number of benzene rings is 2. The summed E-state index contributed by atoms with van der Waals surface area (Å²) in [5.74, 6) is -0.392. The number of hydrogen-bond acceptors (Lipinski definition) is 5. The molecule has 2 heterocycles. The maximum absolute atomic E-state index is 13.0. The number of carbonyl (C=O) groups is 2. The molecule has 1 saturated heterocycles. The lowest BCUT2D eigenvalue weighted by Gasteiger charge is -2.31. The highest BCUT2D eigenvalue weighted by Gasteiger charge is 2.36. The third-order valence-corrected chi connectivity index (χ3v) is 7.04. The van der Waals surface area contributed by atoms with Crippen molar-refractivity contribution in [2.75, 3.05) is 5.32 Å². The number of halogens is 2. The maximum Gasteiger partial charge on any atom is 0.238 e. The summed E-state index contributed by atoms with van der Waals surface area (Å²) in [6.07, 6.45) is 0.0924. The molecular weight excluding hydrogens is 473 g/mol. The summed E-state index contributed by atoms with van der Waals surface area (Å²) >= 11 is 14.7. The van der Waals surface area contributed by atoms with E-state index in [2.05, 4.69) is 10.3 Å². The van der Waals surface area contributed by atoms with Gasteiger partial charge in [0.2, 0.25) is 11.8 Å². The average Bonchev–Trinajstić information content (AvgIpc) is 3.27. The van der Waals surface area contributed by atoms with Crippen molar-refractivity contribution in [1.82, 2.24) is 4.90 Å². The van der Waals surface area contributed by atoms with Crippen LogP contribution in [0.5, 0.6) is 0 Å². The van der Waals surface area contributed by atoms with Gasteiger partial charge in [0.15, 0.2) is 5.17 Å². The minimum Gasteiger partial charge on any atom is -0.325 e. The molecule has 1 aliphatic rings. The van der Waals surface area contributed by atoms with Crippen LogP contribution in [-0.4, -0.2) is 27.1 Å². The van der Waals surface area contributed by atoms with E-state index < -0.39 is 5.25 Å². The second kappa shape index (κ2) is 9.87. The molecule has 1 N–H and O–H groups in total. The van der Waals surface area contributed by atoms with Gasteiger partial charge in [0.1, 0.15) is 5.25 Å². The zero-order valence-corrected chi connectivity index (χ0v) is 19.3. The topological polar surface area (TPSA) is 61.8 Å². The van der Waals surface area contributed by atoms with Gasteiger partial charge in [-0.3, -0.25) is 14.5 Å². The Bertz CT molecular complexity index is 1100. The molecule has 0 spiro atoms. The van der Waals surface area contributed by atoms with Gasteiger partial charge in [0.05, 0.1) is 12.2 Å². The molecule has 1 fully saturated rings. The summed E-state index contributed by atoms with van der Waals surface area (Å²) in [7, 11) is 0. The van der Waals surface area contributed by atoms with Gasteiger partial charge < -0.3 is 5.32 Å². The average molecular weight is 490 g/mol. The van der Waals surface area contributed by atoms with E-state index in [-0.39, 0.29) is 18.2 Å².